The molecule has 0 atom stereocenters. The van der Waals surface area contributed by atoms with Crippen LogP contribution in [0.3, 0.4) is 0 Å². The Kier molecular flexibility index (Phi) is 5.19. The van der Waals surface area contributed by atoms with Gasteiger partial charge in [0.15, 0.2) is 6.67 Å². The molecular formula is C20H33N2P. The van der Waals surface area contributed by atoms with Gasteiger partial charge in [-0.3, -0.25) is 0 Å². The van der Waals surface area contributed by atoms with Gasteiger partial charge in [-0.15, -0.1) is 0 Å². The highest BCUT2D eigenvalue weighted by Crippen LogP contribution is 2.63. The highest BCUT2D eigenvalue weighted by molar-refractivity contribution is 7.58. The Morgan fingerprint density at radius 1 is 0.870 bits per heavy atom. The van der Waals surface area contributed by atoms with Crippen LogP contribution in [0.4, 0.5) is 5.69 Å². The van der Waals surface area contributed by atoms with E-state index in [1.165, 1.54) is 22.4 Å². The van der Waals surface area contributed by atoms with Gasteiger partial charge in [-0.05, 0) is 50.3 Å². The fourth-order valence-corrected chi connectivity index (χ4v) is 8.02. The van der Waals surface area contributed by atoms with Gasteiger partial charge in [-0.2, -0.15) is 0 Å². The lowest BCUT2D eigenvalue weighted by atomic mass is 10.0. The Morgan fingerprint density at radius 2 is 1.35 bits per heavy atom. The Morgan fingerprint density at radius 3 is 1.78 bits per heavy atom. The number of benzene rings is 1. The summed E-state index contributed by atoms with van der Waals surface area (Å²) in [5, 5.41) is 0.571. The third kappa shape index (κ3) is 4.09. The van der Waals surface area contributed by atoms with Crippen LogP contribution in [0, 0.1) is 27.4 Å². The van der Waals surface area contributed by atoms with Crippen LogP contribution in [0.1, 0.15) is 58.2 Å². The number of hydrogen-bond acceptors (Lipinski definition) is 2. The van der Waals surface area contributed by atoms with Crippen molar-refractivity contribution in [3.8, 4) is 0 Å². The highest BCUT2D eigenvalue weighted by Gasteiger charge is 2.42. The lowest BCUT2D eigenvalue weighted by Gasteiger charge is -2.45. The van der Waals surface area contributed by atoms with Gasteiger partial charge in [0.05, 0.1) is 0 Å². The van der Waals surface area contributed by atoms with Gasteiger partial charge in [0.2, 0.25) is 0 Å². The molecule has 3 heteroatoms. The fourth-order valence-electron chi connectivity index (χ4n) is 4.07. The van der Waals surface area contributed by atoms with E-state index in [2.05, 4.69) is 90.7 Å². The highest BCUT2D eigenvalue weighted by atomic mass is 31.1. The van der Waals surface area contributed by atoms with Crippen LogP contribution in [0.2, 0.25) is 0 Å². The molecule has 1 aromatic carbocycles. The molecule has 1 fully saturated rings. The predicted octanol–water partition coefficient (Wildman–Crippen LogP) is 5.72. The zero-order valence-corrected chi connectivity index (χ0v) is 17.3. The first kappa shape index (κ1) is 18.7. The second kappa shape index (κ2) is 6.37. The number of hydrogen-bond donors (Lipinski definition) is 0. The molecule has 2 radical (unpaired) electrons. The molecule has 0 bridgehead atoms. The molecule has 2 rings (SSSR count). The average Bonchev–Trinajstić information content (AvgIpc) is 2.71. The van der Waals surface area contributed by atoms with Crippen molar-refractivity contribution < 1.29 is 0 Å². The number of nitrogens with zero attached hydrogens (tertiary/aromatic N) is 2. The van der Waals surface area contributed by atoms with Crippen molar-refractivity contribution >= 4 is 13.8 Å². The smallest absolute Gasteiger partial charge is 0.181 e. The van der Waals surface area contributed by atoms with E-state index in [1.807, 2.05) is 0 Å². The molecule has 1 heterocycles. The number of rotatable bonds is 2. The summed E-state index contributed by atoms with van der Waals surface area (Å²) >= 11 is 0. The fraction of sp³-hybridized carbons (Fsp3) is 0.650. The second-order valence-electron chi connectivity index (χ2n) is 8.78. The Hall–Kier alpha value is -0.590. The lowest BCUT2D eigenvalue weighted by molar-refractivity contribution is 0.562. The van der Waals surface area contributed by atoms with E-state index in [9.17, 15) is 0 Å². The molecule has 2 nitrogen and oxygen atoms in total. The first-order chi connectivity index (χ1) is 10.4. The molecule has 0 saturated carbocycles. The standard InChI is InChI=1S/C20H33N2P/c1-15-12-16(2)18(17(3)13-15)21-10-11-22(14-21)23(19(4,5)6)20(7,8)9/h12-13H,10-11H2,1-9H3. The number of anilines is 1. The topological polar surface area (TPSA) is 6.48 Å². The molecule has 1 aliphatic rings. The van der Waals surface area contributed by atoms with Gasteiger partial charge in [-0.25, -0.2) is 4.67 Å². The lowest BCUT2D eigenvalue weighted by Crippen LogP contribution is -2.34. The maximum absolute atomic E-state index is 3.72. The summed E-state index contributed by atoms with van der Waals surface area (Å²) in [5.41, 5.74) is 5.39. The van der Waals surface area contributed by atoms with Gasteiger partial charge in [0.1, 0.15) is 0 Å². The van der Waals surface area contributed by atoms with Crippen molar-refractivity contribution in [2.75, 3.05) is 18.0 Å². The minimum atomic E-state index is -0.306. The van der Waals surface area contributed by atoms with Crippen LogP contribution in [0.5, 0.6) is 0 Å². The van der Waals surface area contributed by atoms with Crippen molar-refractivity contribution in [2.24, 2.45) is 0 Å². The molecule has 1 aromatic rings. The SMILES string of the molecule is Cc1cc(C)c(N2[C]N(P(C(C)(C)C)C(C)(C)C)CC2)c(C)c1. The quantitative estimate of drug-likeness (QED) is 0.639. The molecule has 0 amide bonds. The molecule has 0 N–H and O–H groups in total. The van der Waals surface area contributed by atoms with Crippen LogP contribution in [-0.4, -0.2) is 28.1 Å². The minimum absolute atomic E-state index is 0.286. The molecule has 23 heavy (non-hydrogen) atoms. The summed E-state index contributed by atoms with van der Waals surface area (Å²) in [6.45, 7) is 26.7. The third-order valence-electron chi connectivity index (χ3n) is 4.19. The van der Waals surface area contributed by atoms with Crippen LogP contribution < -0.4 is 4.90 Å². The van der Waals surface area contributed by atoms with Crippen molar-refractivity contribution in [3.05, 3.63) is 35.5 Å². The zero-order chi connectivity index (χ0) is 17.6. The Bertz CT molecular complexity index is 529. The van der Waals surface area contributed by atoms with Crippen molar-refractivity contribution in [2.45, 2.75) is 72.6 Å². The van der Waals surface area contributed by atoms with Crippen LogP contribution in [0.25, 0.3) is 0 Å². The Balaban J connectivity index is 2.27. The van der Waals surface area contributed by atoms with E-state index < -0.39 is 0 Å². The molecule has 0 aromatic heterocycles. The predicted molar refractivity (Wildman–Crippen MR) is 104 cm³/mol. The maximum atomic E-state index is 3.72. The first-order valence-electron chi connectivity index (χ1n) is 8.61. The molecule has 0 spiro atoms. The van der Waals surface area contributed by atoms with Gasteiger partial charge < -0.3 is 4.90 Å². The van der Waals surface area contributed by atoms with Crippen LogP contribution >= 0.6 is 8.07 Å². The van der Waals surface area contributed by atoms with Gasteiger partial charge in [-0.1, -0.05) is 59.2 Å². The van der Waals surface area contributed by atoms with Gasteiger partial charge in [0, 0.05) is 18.8 Å². The third-order valence-corrected chi connectivity index (χ3v) is 7.50. The average molecular weight is 332 g/mol. The van der Waals surface area contributed by atoms with E-state index in [-0.39, 0.29) is 18.4 Å². The summed E-state index contributed by atoms with van der Waals surface area (Å²) in [6.07, 6.45) is 0. The summed E-state index contributed by atoms with van der Waals surface area (Å²) in [7, 11) is -0.306. The van der Waals surface area contributed by atoms with Crippen molar-refractivity contribution in [1.29, 1.82) is 0 Å². The van der Waals surface area contributed by atoms with Crippen molar-refractivity contribution in [1.82, 2.24) is 4.67 Å². The first-order valence-corrected chi connectivity index (χ1v) is 9.90. The van der Waals surface area contributed by atoms with E-state index in [1.54, 1.807) is 0 Å². The maximum Gasteiger partial charge on any atom is 0.181 e. The summed E-state index contributed by atoms with van der Waals surface area (Å²) in [5.74, 6) is 0. The molecule has 1 saturated heterocycles. The van der Waals surface area contributed by atoms with Crippen LogP contribution in [0.15, 0.2) is 12.1 Å². The second-order valence-corrected chi connectivity index (χ2v) is 12.6. The van der Waals surface area contributed by atoms with E-state index in [0.717, 1.165) is 13.1 Å². The largest absolute Gasteiger partial charge is 0.345 e. The van der Waals surface area contributed by atoms with E-state index >= 15 is 0 Å². The summed E-state index contributed by atoms with van der Waals surface area (Å²) in [4.78, 5) is 2.34. The molecule has 1 aliphatic heterocycles. The zero-order valence-electron chi connectivity index (χ0n) is 16.4. The van der Waals surface area contributed by atoms with E-state index in [0.29, 0.717) is 0 Å². The minimum Gasteiger partial charge on any atom is -0.345 e. The Labute approximate surface area is 145 Å². The molecule has 0 unspecified atom stereocenters. The van der Waals surface area contributed by atoms with Gasteiger partial charge in [0.25, 0.3) is 0 Å². The normalized spacial score (nSPS) is 17.4. The van der Waals surface area contributed by atoms with Crippen molar-refractivity contribution in [3.63, 3.8) is 0 Å². The molecular weight excluding hydrogens is 299 g/mol. The summed E-state index contributed by atoms with van der Waals surface area (Å²) in [6, 6.07) is 4.56. The molecule has 0 aliphatic carbocycles. The molecule has 128 valence electrons. The van der Waals surface area contributed by atoms with E-state index in [4.69, 9.17) is 0 Å². The van der Waals surface area contributed by atoms with Crippen LogP contribution in [-0.2, 0) is 0 Å². The van der Waals surface area contributed by atoms with Gasteiger partial charge >= 0.3 is 0 Å². The number of aryl methyl sites for hydroxylation is 3. The summed E-state index contributed by atoms with van der Waals surface area (Å²) < 4.78 is 2.51. The monoisotopic (exact) mass is 332 g/mol.